The molecule has 0 rings (SSSR count). The van der Waals surface area contributed by atoms with Gasteiger partial charge in [0.25, 0.3) is 0 Å². The first-order valence-electron chi connectivity index (χ1n) is 4.70. The van der Waals surface area contributed by atoms with Crippen molar-refractivity contribution in [1.82, 2.24) is 5.32 Å². The Hall–Kier alpha value is -1.10. The number of methoxy groups -OCH3 is 1. The Kier molecular flexibility index (Phi) is 5.87. The summed E-state index contributed by atoms with van der Waals surface area (Å²) in [6.07, 6.45) is 1.04. The smallest absolute Gasteiger partial charge is 0.328 e. The van der Waals surface area contributed by atoms with Gasteiger partial charge in [-0.2, -0.15) is 0 Å². The van der Waals surface area contributed by atoms with E-state index in [9.17, 15) is 9.59 Å². The van der Waals surface area contributed by atoms with E-state index in [0.29, 0.717) is 12.8 Å². The summed E-state index contributed by atoms with van der Waals surface area (Å²) in [5.74, 6) is -0.756. The van der Waals surface area contributed by atoms with Crippen molar-refractivity contribution in [1.29, 1.82) is 0 Å². The predicted octanol–water partition coefficient (Wildman–Crippen LogP) is -0.208. The number of nitrogens with two attached hydrogens (primary N) is 1. The molecule has 0 fully saturated rings. The molecule has 14 heavy (non-hydrogen) atoms. The van der Waals surface area contributed by atoms with E-state index in [1.54, 1.807) is 6.92 Å². The van der Waals surface area contributed by atoms with Crippen LogP contribution in [-0.4, -0.2) is 31.1 Å². The summed E-state index contributed by atoms with van der Waals surface area (Å²) in [6.45, 7) is 3.60. The molecule has 1 amide bonds. The van der Waals surface area contributed by atoms with Crippen LogP contribution >= 0.6 is 0 Å². The second-order valence-electron chi connectivity index (χ2n) is 3.01. The molecule has 0 aliphatic rings. The molecule has 0 aliphatic heterocycles. The molecule has 5 heteroatoms. The minimum Gasteiger partial charge on any atom is -0.467 e. The van der Waals surface area contributed by atoms with E-state index in [-0.39, 0.29) is 5.91 Å². The Morgan fingerprint density at radius 2 is 1.93 bits per heavy atom. The maximum absolute atomic E-state index is 11.3. The zero-order valence-corrected chi connectivity index (χ0v) is 8.87. The van der Waals surface area contributed by atoms with Crippen molar-refractivity contribution in [2.45, 2.75) is 38.8 Å². The van der Waals surface area contributed by atoms with Gasteiger partial charge in [0.05, 0.1) is 13.2 Å². The Balaban J connectivity index is 4.18. The van der Waals surface area contributed by atoms with Crippen LogP contribution in [0, 0.1) is 0 Å². The van der Waals surface area contributed by atoms with Gasteiger partial charge in [-0.05, 0) is 12.8 Å². The molecule has 0 saturated carbocycles. The molecule has 82 valence electrons. The lowest BCUT2D eigenvalue weighted by atomic mass is 10.2. The normalized spacial score (nSPS) is 14.3. The van der Waals surface area contributed by atoms with Gasteiger partial charge in [-0.3, -0.25) is 4.79 Å². The third-order valence-corrected chi connectivity index (χ3v) is 1.99. The van der Waals surface area contributed by atoms with Crippen molar-refractivity contribution in [2.24, 2.45) is 5.73 Å². The second-order valence-corrected chi connectivity index (χ2v) is 3.01. The molecule has 5 nitrogen and oxygen atoms in total. The highest BCUT2D eigenvalue weighted by Crippen LogP contribution is 1.95. The lowest BCUT2D eigenvalue weighted by Crippen LogP contribution is -2.48. The summed E-state index contributed by atoms with van der Waals surface area (Å²) >= 11 is 0. The van der Waals surface area contributed by atoms with E-state index in [4.69, 9.17) is 5.73 Å². The van der Waals surface area contributed by atoms with E-state index >= 15 is 0 Å². The summed E-state index contributed by atoms with van der Waals surface area (Å²) in [5, 5.41) is 2.53. The van der Waals surface area contributed by atoms with Crippen molar-refractivity contribution >= 4 is 11.9 Å². The minimum absolute atomic E-state index is 0.315. The molecule has 0 heterocycles. The van der Waals surface area contributed by atoms with Gasteiger partial charge in [0, 0.05) is 0 Å². The van der Waals surface area contributed by atoms with Crippen LogP contribution in [0.4, 0.5) is 0 Å². The van der Waals surface area contributed by atoms with Gasteiger partial charge in [0.2, 0.25) is 5.91 Å². The molecule has 0 aromatic carbocycles. The largest absolute Gasteiger partial charge is 0.467 e. The minimum atomic E-state index is -0.593. The predicted molar refractivity (Wildman–Crippen MR) is 52.5 cm³/mol. The fraction of sp³-hybridized carbons (Fsp3) is 0.778. The fourth-order valence-electron chi connectivity index (χ4n) is 0.934. The Morgan fingerprint density at radius 1 is 1.36 bits per heavy atom. The first kappa shape index (κ1) is 12.9. The number of rotatable bonds is 5. The van der Waals surface area contributed by atoms with E-state index in [1.165, 1.54) is 7.11 Å². The van der Waals surface area contributed by atoms with Crippen LogP contribution in [0.5, 0.6) is 0 Å². The molecule has 2 atom stereocenters. The average Bonchev–Trinajstić information content (AvgIpc) is 2.22. The van der Waals surface area contributed by atoms with Crippen LogP contribution in [0.1, 0.15) is 26.7 Å². The highest BCUT2D eigenvalue weighted by Gasteiger charge is 2.21. The highest BCUT2D eigenvalue weighted by molar-refractivity contribution is 5.87. The van der Waals surface area contributed by atoms with Gasteiger partial charge in [-0.25, -0.2) is 4.79 Å². The zero-order chi connectivity index (χ0) is 11.1. The molecule has 0 bridgehead atoms. The van der Waals surface area contributed by atoms with Crippen molar-refractivity contribution in [3.05, 3.63) is 0 Å². The number of nitrogens with one attached hydrogen (secondary N) is 1. The third kappa shape index (κ3) is 3.74. The second kappa shape index (κ2) is 6.37. The lowest BCUT2D eigenvalue weighted by Gasteiger charge is -2.16. The van der Waals surface area contributed by atoms with Crippen LogP contribution in [-0.2, 0) is 14.3 Å². The van der Waals surface area contributed by atoms with Gasteiger partial charge in [-0.15, -0.1) is 0 Å². The van der Waals surface area contributed by atoms with Crippen LogP contribution < -0.4 is 11.1 Å². The van der Waals surface area contributed by atoms with Crippen molar-refractivity contribution in [3.63, 3.8) is 0 Å². The van der Waals surface area contributed by atoms with E-state index in [2.05, 4.69) is 10.1 Å². The summed E-state index contributed by atoms with van der Waals surface area (Å²) in [7, 11) is 1.29. The van der Waals surface area contributed by atoms with Crippen LogP contribution in [0.15, 0.2) is 0 Å². The van der Waals surface area contributed by atoms with Gasteiger partial charge in [0.15, 0.2) is 0 Å². The standard InChI is InChI=1S/C9H18N2O3/c1-4-6(10)8(12)11-7(5-2)9(13)14-3/h6-7H,4-5,10H2,1-3H3,(H,11,12)/t6-,7-/m0/s1. The van der Waals surface area contributed by atoms with Crippen molar-refractivity contribution in [2.75, 3.05) is 7.11 Å². The number of amides is 1. The zero-order valence-electron chi connectivity index (χ0n) is 8.87. The SMILES string of the molecule is CC[C@H](NC(=O)[C@@H](N)CC)C(=O)OC. The fourth-order valence-corrected chi connectivity index (χ4v) is 0.934. The van der Waals surface area contributed by atoms with Crippen LogP contribution in [0.2, 0.25) is 0 Å². The van der Waals surface area contributed by atoms with E-state index in [0.717, 1.165) is 0 Å². The van der Waals surface area contributed by atoms with Crippen LogP contribution in [0.3, 0.4) is 0 Å². The average molecular weight is 202 g/mol. The summed E-state index contributed by atoms with van der Waals surface area (Å²) in [4.78, 5) is 22.4. The van der Waals surface area contributed by atoms with Gasteiger partial charge in [0.1, 0.15) is 6.04 Å². The molecule has 3 N–H and O–H groups in total. The topological polar surface area (TPSA) is 81.4 Å². The third-order valence-electron chi connectivity index (χ3n) is 1.99. The Labute approximate surface area is 84.0 Å². The summed E-state index contributed by atoms with van der Waals surface area (Å²) < 4.78 is 4.52. The van der Waals surface area contributed by atoms with Crippen LogP contribution in [0.25, 0.3) is 0 Å². The quantitative estimate of drug-likeness (QED) is 0.604. The number of hydrogen-bond donors (Lipinski definition) is 2. The molecule has 0 spiro atoms. The Morgan fingerprint density at radius 3 is 2.29 bits per heavy atom. The van der Waals surface area contributed by atoms with Crippen molar-refractivity contribution in [3.8, 4) is 0 Å². The van der Waals surface area contributed by atoms with E-state index < -0.39 is 18.1 Å². The van der Waals surface area contributed by atoms with E-state index in [1.807, 2.05) is 6.92 Å². The number of ether oxygens (including phenoxy) is 1. The lowest BCUT2D eigenvalue weighted by molar-refractivity contribution is -0.145. The number of carbonyl (C=O) groups excluding carboxylic acids is 2. The molecule has 0 saturated heterocycles. The molecular formula is C9H18N2O3. The van der Waals surface area contributed by atoms with Gasteiger partial charge < -0.3 is 15.8 Å². The molecule has 0 radical (unpaired) electrons. The number of esters is 1. The highest BCUT2D eigenvalue weighted by atomic mass is 16.5. The maximum atomic E-state index is 11.3. The molecule has 0 unspecified atom stereocenters. The molecule has 0 aromatic heterocycles. The monoisotopic (exact) mass is 202 g/mol. The summed E-state index contributed by atoms with van der Waals surface area (Å²) in [5.41, 5.74) is 5.50. The molecular weight excluding hydrogens is 184 g/mol. The first-order chi connectivity index (χ1) is 6.56. The van der Waals surface area contributed by atoms with Crippen molar-refractivity contribution < 1.29 is 14.3 Å². The molecule has 0 aromatic rings. The van der Waals surface area contributed by atoms with Gasteiger partial charge in [-0.1, -0.05) is 13.8 Å². The molecule has 0 aliphatic carbocycles. The number of hydrogen-bond acceptors (Lipinski definition) is 4. The Bertz CT molecular complexity index is 206. The summed E-state index contributed by atoms with van der Waals surface area (Å²) in [6, 6.07) is -1.15. The maximum Gasteiger partial charge on any atom is 0.328 e. The first-order valence-corrected chi connectivity index (χ1v) is 4.70. The number of carbonyl (C=O) groups is 2. The van der Waals surface area contributed by atoms with Gasteiger partial charge >= 0.3 is 5.97 Å².